The number of nitrogens with one attached hydrogen (secondary N) is 1. The van der Waals surface area contributed by atoms with Gasteiger partial charge in [0.2, 0.25) is 5.91 Å². The highest BCUT2D eigenvalue weighted by atomic mass is 16.5. The summed E-state index contributed by atoms with van der Waals surface area (Å²) in [7, 11) is 0. The molecule has 2 heterocycles. The first-order valence-corrected chi connectivity index (χ1v) is 8.30. The molecule has 4 rings (SSSR count). The van der Waals surface area contributed by atoms with Crippen LogP contribution in [0.3, 0.4) is 0 Å². The number of hydrogen-bond donors (Lipinski definition) is 1. The molecule has 120 valence electrons. The van der Waals surface area contributed by atoms with Gasteiger partial charge in [-0.15, -0.1) is 0 Å². The molecule has 2 aliphatic rings. The molecule has 4 heteroatoms. The van der Waals surface area contributed by atoms with Crippen molar-refractivity contribution in [3.05, 3.63) is 60.1 Å². The number of carbonyl (C=O) groups excluding carboxylic acids is 1. The van der Waals surface area contributed by atoms with Gasteiger partial charge in [0.15, 0.2) is 0 Å². The van der Waals surface area contributed by atoms with E-state index < -0.39 is 0 Å². The van der Waals surface area contributed by atoms with Gasteiger partial charge in [0.05, 0.1) is 12.4 Å². The Labute approximate surface area is 135 Å². The van der Waals surface area contributed by atoms with E-state index in [9.17, 15) is 4.79 Å². The summed E-state index contributed by atoms with van der Waals surface area (Å²) in [5, 5.41) is 3.12. The molecule has 1 N–H and O–H groups in total. The van der Waals surface area contributed by atoms with Gasteiger partial charge >= 0.3 is 0 Å². The van der Waals surface area contributed by atoms with Gasteiger partial charge in [-0.25, -0.2) is 0 Å². The molecule has 1 aromatic carbocycles. The zero-order valence-electron chi connectivity index (χ0n) is 13.0. The number of hydrogen-bond acceptors (Lipinski definition) is 3. The van der Waals surface area contributed by atoms with E-state index in [1.54, 1.807) is 6.26 Å². The van der Waals surface area contributed by atoms with Crippen LogP contribution in [0.15, 0.2) is 53.1 Å². The number of benzene rings is 1. The van der Waals surface area contributed by atoms with E-state index in [-0.39, 0.29) is 23.8 Å². The Balaban J connectivity index is 1.31. The Bertz CT molecular complexity index is 653. The van der Waals surface area contributed by atoms with Gasteiger partial charge in [0, 0.05) is 30.9 Å². The minimum Gasteiger partial charge on any atom is -0.469 e. The first-order valence-electron chi connectivity index (χ1n) is 8.30. The van der Waals surface area contributed by atoms with Crippen molar-refractivity contribution >= 4 is 5.91 Å². The van der Waals surface area contributed by atoms with Crippen molar-refractivity contribution in [1.82, 2.24) is 5.32 Å². The number of ether oxygens (including phenoxy) is 1. The molecule has 23 heavy (non-hydrogen) atoms. The van der Waals surface area contributed by atoms with E-state index >= 15 is 0 Å². The maximum absolute atomic E-state index is 12.3. The number of amides is 1. The summed E-state index contributed by atoms with van der Waals surface area (Å²) in [5.41, 5.74) is 1.20. The first-order chi connectivity index (χ1) is 11.3. The molecule has 0 bridgehead atoms. The van der Waals surface area contributed by atoms with Crippen molar-refractivity contribution in [3.8, 4) is 0 Å². The lowest BCUT2D eigenvalue weighted by atomic mass is 9.95. The number of rotatable bonds is 5. The van der Waals surface area contributed by atoms with Gasteiger partial charge in [-0.3, -0.25) is 4.79 Å². The van der Waals surface area contributed by atoms with Crippen molar-refractivity contribution < 1.29 is 13.9 Å². The van der Waals surface area contributed by atoms with Crippen molar-refractivity contribution in [3.63, 3.8) is 0 Å². The molecule has 1 aromatic heterocycles. The third-order valence-corrected chi connectivity index (χ3v) is 4.92. The van der Waals surface area contributed by atoms with E-state index in [0.29, 0.717) is 12.5 Å². The van der Waals surface area contributed by atoms with E-state index in [1.807, 2.05) is 30.3 Å². The van der Waals surface area contributed by atoms with E-state index in [4.69, 9.17) is 9.15 Å². The Morgan fingerprint density at radius 1 is 1.17 bits per heavy atom. The van der Waals surface area contributed by atoms with E-state index in [1.165, 1.54) is 5.56 Å². The molecule has 0 radical (unpaired) electrons. The zero-order valence-corrected chi connectivity index (χ0v) is 13.0. The van der Waals surface area contributed by atoms with Gasteiger partial charge in [-0.2, -0.15) is 0 Å². The van der Waals surface area contributed by atoms with Crippen molar-refractivity contribution in [2.45, 2.75) is 24.9 Å². The normalized spacial score (nSPS) is 29.4. The lowest BCUT2D eigenvalue weighted by Gasteiger charge is -2.19. The van der Waals surface area contributed by atoms with Crippen LogP contribution >= 0.6 is 0 Å². The van der Waals surface area contributed by atoms with Crippen LogP contribution in [0, 0.1) is 11.8 Å². The molecule has 2 aromatic rings. The van der Waals surface area contributed by atoms with Crippen LogP contribution in [-0.4, -0.2) is 19.1 Å². The third-order valence-electron chi connectivity index (χ3n) is 4.92. The molecule has 4 atom stereocenters. The molecule has 1 aliphatic heterocycles. The zero-order chi connectivity index (χ0) is 15.6. The fourth-order valence-corrected chi connectivity index (χ4v) is 3.52. The molecule has 1 saturated heterocycles. The highest BCUT2D eigenvalue weighted by Gasteiger charge is 2.46. The molecular weight excluding hydrogens is 290 g/mol. The van der Waals surface area contributed by atoms with Crippen molar-refractivity contribution in [2.75, 3.05) is 13.2 Å². The number of carbonyl (C=O) groups is 1. The van der Waals surface area contributed by atoms with Gasteiger partial charge in [-0.05, 0) is 30.5 Å². The monoisotopic (exact) mass is 311 g/mol. The van der Waals surface area contributed by atoms with Crippen LogP contribution < -0.4 is 5.32 Å². The smallest absolute Gasteiger partial charge is 0.223 e. The maximum atomic E-state index is 12.3. The average molecular weight is 311 g/mol. The molecule has 4 nitrogen and oxygen atoms in total. The van der Waals surface area contributed by atoms with E-state index in [2.05, 4.69) is 17.4 Å². The Morgan fingerprint density at radius 2 is 2.04 bits per heavy atom. The maximum Gasteiger partial charge on any atom is 0.223 e. The van der Waals surface area contributed by atoms with Gasteiger partial charge in [0.25, 0.3) is 0 Å². The second-order valence-corrected chi connectivity index (χ2v) is 6.46. The van der Waals surface area contributed by atoms with Crippen molar-refractivity contribution in [2.24, 2.45) is 11.8 Å². The molecule has 2 unspecified atom stereocenters. The SMILES string of the molecule is O=C(NC[C@H]1CCO[C@@H]1c1ccccc1)C1CC1c1ccco1. The molecule has 1 aliphatic carbocycles. The van der Waals surface area contributed by atoms with Crippen LogP contribution in [0.25, 0.3) is 0 Å². The summed E-state index contributed by atoms with van der Waals surface area (Å²) < 4.78 is 11.3. The summed E-state index contributed by atoms with van der Waals surface area (Å²) in [6.45, 7) is 1.44. The van der Waals surface area contributed by atoms with Crippen LogP contribution in [0.5, 0.6) is 0 Å². The third kappa shape index (κ3) is 3.04. The van der Waals surface area contributed by atoms with Gasteiger partial charge in [-0.1, -0.05) is 30.3 Å². The lowest BCUT2D eigenvalue weighted by molar-refractivity contribution is -0.122. The summed E-state index contributed by atoms with van der Waals surface area (Å²) in [6.07, 6.45) is 3.65. The predicted octanol–water partition coefficient (Wildman–Crippen LogP) is 3.28. The van der Waals surface area contributed by atoms with Crippen LogP contribution in [0.1, 0.15) is 36.2 Å². The first kappa shape index (κ1) is 14.5. The second kappa shape index (κ2) is 6.20. The summed E-state index contributed by atoms with van der Waals surface area (Å²) >= 11 is 0. The predicted molar refractivity (Wildman–Crippen MR) is 85.8 cm³/mol. The van der Waals surface area contributed by atoms with Crippen LogP contribution in [0.4, 0.5) is 0 Å². The standard InChI is InChI=1S/C19H21NO3/c21-19(16-11-15(16)17-7-4-9-22-17)20-12-14-8-10-23-18(14)13-5-2-1-3-6-13/h1-7,9,14-16,18H,8,10-12H2,(H,20,21)/t14-,15?,16?,18-/m1/s1. The minimum atomic E-state index is 0.0682. The molecule has 0 spiro atoms. The molecule has 1 saturated carbocycles. The largest absolute Gasteiger partial charge is 0.469 e. The van der Waals surface area contributed by atoms with Gasteiger partial charge in [0.1, 0.15) is 5.76 Å². The fourth-order valence-electron chi connectivity index (χ4n) is 3.52. The molecule has 1 amide bonds. The Hall–Kier alpha value is -2.07. The quantitative estimate of drug-likeness (QED) is 0.922. The fraction of sp³-hybridized carbons (Fsp3) is 0.421. The topological polar surface area (TPSA) is 51.5 Å². The molecular formula is C19H21NO3. The minimum absolute atomic E-state index is 0.0682. The van der Waals surface area contributed by atoms with Crippen LogP contribution in [0.2, 0.25) is 0 Å². The Morgan fingerprint density at radius 3 is 2.83 bits per heavy atom. The summed E-state index contributed by atoms with van der Waals surface area (Å²) in [5.74, 6) is 1.75. The average Bonchev–Trinajstić information content (AvgIpc) is 3.01. The summed E-state index contributed by atoms with van der Waals surface area (Å²) in [6, 6.07) is 14.1. The highest BCUT2D eigenvalue weighted by Crippen LogP contribution is 2.47. The summed E-state index contributed by atoms with van der Waals surface area (Å²) in [4.78, 5) is 12.3. The Kier molecular flexibility index (Phi) is 3.92. The van der Waals surface area contributed by atoms with Crippen LogP contribution in [-0.2, 0) is 9.53 Å². The lowest BCUT2D eigenvalue weighted by Crippen LogP contribution is -2.31. The molecule has 2 fully saturated rings. The van der Waals surface area contributed by atoms with E-state index in [0.717, 1.165) is 25.2 Å². The highest BCUT2D eigenvalue weighted by molar-refractivity contribution is 5.82. The number of furan rings is 1. The van der Waals surface area contributed by atoms with Crippen molar-refractivity contribution in [1.29, 1.82) is 0 Å². The second-order valence-electron chi connectivity index (χ2n) is 6.46. The van der Waals surface area contributed by atoms with Gasteiger partial charge < -0.3 is 14.5 Å².